The lowest BCUT2D eigenvalue weighted by atomic mass is 9.96. The van der Waals surface area contributed by atoms with Crippen LogP contribution in [0.3, 0.4) is 0 Å². The van der Waals surface area contributed by atoms with Crippen molar-refractivity contribution in [1.82, 2.24) is 15.3 Å². The molecule has 0 saturated carbocycles. The van der Waals surface area contributed by atoms with E-state index in [1.807, 2.05) is 6.92 Å². The number of esters is 1. The Bertz CT molecular complexity index is 1300. The number of hydrogen-bond acceptors (Lipinski definition) is 7. The predicted octanol–water partition coefficient (Wildman–Crippen LogP) is 5.54. The van der Waals surface area contributed by atoms with E-state index in [0.29, 0.717) is 32.2 Å². The molecule has 1 atom stereocenters. The summed E-state index contributed by atoms with van der Waals surface area (Å²) in [5.74, 6) is 2.56. The standard InChI is InChI=1S/C32H42N4O3/c1-8-23-11-10-12-24(9-2)29(23)30-34-22(6)26(19-39-28-17-25(20(3)4)14-13-21(28)5)31(35-30)36-16-15-33-27(18-36)32(37)38-7/h10-14,17,20,27,33H,8-9,15-16,18-19H2,1-7H3. The van der Waals surface area contributed by atoms with Gasteiger partial charge in [-0.2, -0.15) is 0 Å². The van der Waals surface area contributed by atoms with Crippen LogP contribution in [0.15, 0.2) is 36.4 Å². The van der Waals surface area contributed by atoms with Gasteiger partial charge in [-0.25, -0.2) is 9.97 Å². The molecule has 0 bridgehead atoms. The number of aromatic nitrogens is 2. The summed E-state index contributed by atoms with van der Waals surface area (Å²) >= 11 is 0. The maximum atomic E-state index is 12.4. The van der Waals surface area contributed by atoms with E-state index in [4.69, 9.17) is 19.4 Å². The molecule has 0 spiro atoms. The normalized spacial score (nSPS) is 15.5. The zero-order valence-corrected chi connectivity index (χ0v) is 24.4. The number of aryl methyl sites for hydroxylation is 4. The smallest absolute Gasteiger partial charge is 0.324 e. The first-order valence-corrected chi connectivity index (χ1v) is 14.0. The van der Waals surface area contributed by atoms with E-state index < -0.39 is 6.04 Å². The zero-order valence-electron chi connectivity index (χ0n) is 24.4. The highest BCUT2D eigenvalue weighted by Crippen LogP contribution is 2.32. The Balaban J connectivity index is 1.80. The molecule has 208 valence electrons. The van der Waals surface area contributed by atoms with Crippen molar-refractivity contribution < 1.29 is 14.3 Å². The number of hydrogen-bond donors (Lipinski definition) is 1. The van der Waals surface area contributed by atoms with E-state index in [2.05, 4.69) is 81.2 Å². The molecular formula is C32H42N4O3. The van der Waals surface area contributed by atoms with Gasteiger partial charge in [0, 0.05) is 25.2 Å². The van der Waals surface area contributed by atoms with E-state index in [9.17, 15) is 4.79 Å². The second-order valence-electron chi connectivity index (χ2n) is 10.5. The van der Waals surface area contributed by atoms with Crippen LogP contribution >= 0.6 is 0 Å². The maximum absolute atomic E-state index is 12.4. The number of benzene rings is 2. The molecule has 39 heavy (non-hydrogen) atoms. The van der Waals surface area contributed by atoms with Crippen LogP contribution in [-0.2, 0) is 29.0 Å². The van der Waals surface area contributed by atoms with Gasteiger partial charge in [0.15, 0.2) is 5.82 Å². The summed E-state index contributed by atoms with van der Waals surface area (Å²) in [6, 6.07) is 12.4. The van der Waals surface area contributed by atoms with Gasteiger partial charge in [-0.3, -0.25) is 4.79 Å². The van der Waals surface area contributed by atoms with Crippen molar-refractivity contribution in [3.8, 4) is 17.1 Å². The summed E-state index contributed by atoms with van der Waals surface area (Å²) in [5, 5.41) is 3.28. The first-order chi connectivity index (χ1) is 18.8. The van der Waals surface area contributed by atoms with E-state index in [1.165, 1.54) is 23.8 Å². The van der Waals surface area contributed by atoms with Crippen molar-refractivity contribution >= 4 is 11.8 Å². The van der Waals surface area contributed by atoms with E-state index in [-0.39, 0.29) is 5.97 Å². The molecule has 2 heterocycles. The highest BCUT2D eigenvalue weighted by atomic mass is 16.5. The summed E-state index contributed by atoms with van der Waals surface area (Å²) in [6.45, 7) is 15.0. The summed E-state index contributed by atoms with van der Waals surface area (Å²) in [5.41, 5.74) is 7.73. The molecule has 1 unspecified atom stereocenters. The van der Waals surface area contributed by atoms with Crippen LogP contribution in [0.25, 0.3) is 11.4 Å². The molecule has 1 saturated heterocycles. The van der Waals surface area contributed by atoms with Crippen LogP contribution < -0.4 is 15.0 Å². The molecule has 1 N–H and O–H groups in total. The lowest BCUT2D eigenvalue weighted by Gasteiger charge is -2.34. The monoisotopic (exact) mass is 530 g/mol. The average molecular weight is 531 g/mol. The minimum absolute atomic E-state index is 0.269. The maximum Gasteiger partial charge on any atom is 0.324 e. The van der Waals surface area contributed by atoms with Crippen LogP contribution in [0, 0.1) is 13.8 Å². The number of ether oxygens (including phenoxy) is 2. The Morgan fingerprint density at radius 1 is 1.10 bits per heavy atom. The Morgan fingerprint density at radius 3 is 2.46 bits per heavy atom. The molecule has 0 aliphatic carbocycles. The highest BCUT2D eigenvalue weighted by molar-refractivity contribution is 5.77. The van der Waals surface area contributed by atoms with Crippen molar-refractivity contribution in [2.75, 3.05) is 31.6 Å². The molecule has 1 aliphatic heterocycles. The molecule has 3 aromatic rings. The van der Waals surface area contributed by atoms with Gasteiger partial charge in [-0.05, 0) is 60.9 Å². The SMILES string of the molecule is CCc1cccc(CC)c1-c1nc(C)c(COc2cc(C(C)C)ccc2C)c(N2CCNC(C(=O)OC)C2)n1. The highest BCUT2D eigenvalue weighted by Gasteiger charge is 2.29. The molecule has 1 fully saturated rings. The molecule has 7 heteroatoms. The number of anilines is 1. The Labute approximate surface area is 233 Å². The number of carbonyl (C=O) groups excluding carboxylic acids is 1. The van der Waals surface area contributed by atoms with Gasteiger partial charge in [0.25, 0.3) is 0 Å². The van der Waals surface area contributed by atoms with Gasteiger partial charge >= 0.3 is 5.97 Å². The lowest BCUT2D eigenvalue weighted by molar-refractivity contribution is -0.143. The number of nitrogens with zero attached hydrogens (tertiary/aromatic N) is 3. The number of rotatable bonds is 9. The van der Waals surface area contributed by atoms with Crippen LogP contribution in [-0.4, -0.2) is 48.7 Å². The minimum atomic E-state index is -0.421. The molecule has 1 aromatic heterocycles. The molecule has 0 amide bonds. The summed E-state index contributed by atoms with van der Waals surface area (Å²) in [4.78, 5) is 24.8. The van der Waals surface area contributed by atoms with Crippen molar-refractivity contribution in [2.24, 2.45) is 0 Å². The van der Waals surface area contributed by atoms with Gasteiger partial charge < -0.3 is 19.7 Å². The largest absolute Gasteiger partial charge is 0.488 e. The van der Waals surface area contributed by atoms with Gasteiger partial charge in [-0.1, -0.05) is 58.0 Å². The summed E-state index contributed by atoms with van der Waals surface area (Å²) < 4.78 is 11.5. The van der Waals surface area contributed by atoms with Gasteiger partial charge in [0.05, 0.1) is 18.4 Å². The first-order valence-electron chi connectivity index (χ1n) is 14.0. The average Bonchev–Trinajstić information content (AvgIpc) is 2.95. The van der Waals surface area contributed by atoms with E-state index in [0.717, 1.165) is 52.6 Å². The van der Waals surface area contributed by atoms with Gasteiger partial charge in [-0.15, -0.1) is 0 Å². The molecule has 1 aliphatic rings. The first kappa shape index (κ1) is 28.6. The predicted molar refractivity (Wildman–Crippen MR) is 157 cm³/mol. The Hall–Kier alpha value is -3.45. The fourth-order valence-corrected chi connectivity index (χ4v) is 5.18. The number of nitrogens with one attached hydrogen (secondary N) is 1. The zero-order chi connectivity index (χ0) is 28.1. The minimum Gasteiger partial charge on any atom is -0.488 e. The van der Waals surface area contributed by atoms with E-state index in [1.54, 1.807) is 0 Å². The third-order valence-corrected chi connectivity index (χ3v) is 7.63. The van der Waals surface area contributed by atoms with Crippen molar-refractivity contribution in [1.29, 1.82) is 0 Å². The third-order valence-electron chi connectivity index (χ3n) is 7.63. The number of piperazine rings is 1. The summed E-state index contributed by atoms with van der Waals surface area (Å²) in [6.07, 6.45) is 1.80. The van der Waals surface area contributed by atoms with Crippen molar-refractivity contribution in [3.63, 3.8) is 0 Å². The van der Waals surface area contributed by atoms with Crippen LogP contribution in [0.4, 0.5) is 5.82 Å². The van der Waals surface area contributed by atoms with Gasteiger partial charge in [0.1, 0.15) is 24.2 Å². The number of carbonyl (C=O) groups is 1. The molecule has 4 rings (SSSR count). The molecule has 0 radical (unpaired) electrons. The van der Waals surface area contributed by atoms with Crippen LogP contribution in [0.2, 0.25) is 0 Å². The molecule has 7 nitrogen and oxygen atoms in total. The van der Waals surface area contributed by atoms with E-state index >= 15 is 0 Å². The Kier molecular flexibility index (Phi) is 9.23. The van der Waals surface area contributed by atoms with Gasteiger partial charge in [0.2, 0.25) is 0 Å². The quantitative estimate of drug-likeness (QED) is 0.364. The van der Waals surface area contributed by atoms with Crippen molar-refractivity contribution in [2.45, 2.75) is 73.0 Å². The fourth-order valence-electron chi connectivity index (χ4n) is 5.18. The second-order valence-corrected chi connectivity index (χ2v) is 10.5. The third kappa shape index (κ3) is 6.25. The Morgan fingerprint density at radius 2 is 1.82 bits per heavy atom. The number of methoxy groups -OCH3 is 1. The second kappa shape index (κ2) is 12.6. The van der Waals surface area contributed by atoms with Crippen molar-refractivity contribution in [3.05, 3.63) is 69.9 Å². The molecular weight excluding hydrogens is 488 g/mol. The fraction of sp³-hybridized carbons (Fsp3) is 0.469. The van der Waals surface area contributed by atoms with Crippen LogP contribution in [0.1, 0.15) is 67.1 Å². The lowest BCUT2D eigenvalue weighted by Crippen LogP contribution is -2.55. The topological polar surface area (TPSA) is 76.6 Å². The summed E-state index contributed by atoms with van der Waals surface area (Å²) in [7, 11) is 1.43. The molecule has 2 aromatic carbocycles. The van der Waals surface area contributed by atoms with Crippen LogP contribution in [0.5, 0.6) is 5.75 Å².